The molecule has 1 aliphatic heterocycles. The summed E-state index contributed by atoms with van der Waals surface area (Å²) in [7, 11) is 0. The number of aliphatic hydroxyl groups excluding tert-OH is 2. The van der Waals surface area contributed by atoms with Gasteiger partial charge in [-0.15, -0.1) is 5.92 Å². The molecular formula is C14H17N5O5. The smallest absolute Gasteiger partial charge is 0.280 e. The molecule has 0 aromatic carbocycles. The van der Waals surface area contributed by atoms with Crippen molar-refractivity contribution >= 4 is 17.1 Å². The Morgan fingerprint density at radius 3 is 2.88 bits per heavy atom. The standard InChI is InChI=1S/C14H17N5O5/c1-2-3-14(23)7(4-20)8(5-21)24-12(14)19-6-16-9-10(19)17-13(15)18-11(9)22/h6-8,12,20-21,23H,4-5H2,1H3,(H3,15,17,18,22)/t7?,8-,12-,14?/m1/s1. The topological polar surface area (TPSA) is 160 Å². The zero-order chi connectivity index (χ0) is 17.5. The van der Waals surface area contributed by atoms with Crippen LogP contribution in [0.4, 0.5) is 5.95 Å². The van der Waals surface area contributed by atoms with Crippen molar-refractivity contribution in [3.8, 4) is 11.8 Å². The summed E-state index contributed by atoms with van der Waals surface area (Å²) < 4.78 is 7.00. The highest BCUT2D eigenvalue weighted by Crippen LogP contribution is 2.43. The van der Waals surface area contributed by atoms with Gasteiger partial charge in [-0.2, -0.15) is 4.98 Å². The molecule has 2 aromatic heterocycles. The second-order valence-corrected chi connectivity index (χ2v) is 5.47. The Balaban J connectivity index is 2.20. The second kappa shape index (κ2) is 5.88. The normalized spacial score (nSPS) is 29.6. The molecule has 0 amide bonds. The number of nitrogens with one attached hydrogen (secondary N) is 1. The molecular weight excluding hydrogens is 318 g/mol. The van der Waals surface area contributed by atoms with Crippen LogP contribution in [0.3, 0.4) is 0 Å². The maximum Gasteiger partial charge on any atom is 0.280 e. The Labute approximate surface area is 135 Å². The molecule has 2 aromatic rings. The summed E-state index contributed by atoms with van der Waals surface area (Å²) in [5, 5.41) is 30.1. The van der Waals surface area contributed by atoms with Crippen LogP contribution in [0.1, 0.15) is 13.2 Å². The minimum absolute atomic E-state index is 0.0209. The largest absolute Gasteiger partial charge is 0.396 e. The average molecular weight is 335 g/mol. The van der Waals surface area contributed by atoms with E-state index in [2.05, 4.69) is 26.8 Å². The number of nitrogens with zero attached hydrogens (tertiary/aromatic N) is 3. The van der Waals surface area contributed by atoms with Crippen molar-refractivity contribution in [3.63, 3.8) is 0 Å². The lowest BCUT2D eigenvalue weighted by atomic mass is 9.85. The van der Waals surface area contributed by atoms with Gasteiger partial charge in [0.15, 0.2) is 23.0 Å². The van der Waals surface area contributed by atoms with E-state index in [0.717, 1.165) is 0 Å². The number of aliphatic hydroxyl groups is 3. The lowest BCUT2D eigenvalue weighted by Crippen LogP contribution is -2.43. The number of nitrogen functional groups attached to an aromatic ring is 1. The van der Waals surface area contributed by atoms with Gasteiger partial charge >= 0.3 is 0 Å². The van der Waals surface area contributed by atoms with Crippen LogP contribution in [0.25, 0.3) is 11.2 Å². The predicted molar refractivity (Wildman–Crippen MR) is 82.5 cm³/mol. The van der Waals surface area contributed by atoms with Crippen LogP contribution in [0, 0.1) is 17.8 Å². The number of nitrogens with two attached hydrogens (primary N) is 1. The van der Waals surface area contributed by atoms with E-state index in [9.17, 15) is 20.1 Å². The molecule has 10 nitrogen and oxygen atoms in total. The number of hydrogen-bond acceptors (Lipinski definition) is 8. The van der Waals surface area contributed by atoms with E-state index in [1.807, 2.05) is 0 Å². The summed E-state index contributed by atoms with van der Waals surface area (Å²) in [6, 6.07) is 0. The minimum Gasteiger partial charge on any atom is -0.396 e. The van der Waals surface area contributed by atoms with Crippen molar-refractivity contribution in [1.82, 2.24) is 19.5 Å². The summed E-state index contributed by atoms with van der Waals surface area (Å²) in [5.74, 6) is 4.27. The Hall–Kier alpha value is -2.45. The third kappa shape index (κ3) is 2.26. The third-order valence-electron chi connectivity index (χ3n) is 4.10. The van der Waals surface area contributed by atoms with E-state index in [1.165, 1.54) is 17.8 Å². The highest BCUT2D eigenvalue weighted by Gasteiger charge is 2.56. The Bertz CT molecular complexity index is 881. The van der Waals surface area contributed by atoms with Gasteiger partial charge in [0.1, 0.15) is 0 Å². The molecule has 0 saturated carbocycles. The molecule has 0 aliphatic carbocycles. The van der Waals surface area contributed by atoms with Gasteiger partial charge in [-0.05, 0) is 6.92 Å². The Morgan fingerprint density at radius 1 is 1.50 bits per heavy atom. The van der Waals surface area contributed by atoms with E-state index in [1.54, 1.807) is 0 Å². The van der Waals surface area contributed by atoms with E-state index in [0.29, 0.717) is 0 Å². The number of rotatable bonds is 3. The molecule has 0 spiro atoms. The highest BCUT2D eigenvalue weighted by atomic mass is 16.5. The molecule has 1 fully saturated rings. The quantitative estimate of drug-likeness (QED) is 0.401. The van der Waals surface area contributed by atoms with Crippen LogP contribution in [-0.2, 0) is 4.74 Å². The van der Waals surface area contributed by atoms with Crippen molar-refractivity contribution in [2.75, 3.05) is 18.9 Å². The first-order chi connectivity index (χ1) is 11.5. The number of hydrogen-bond donors (Lipinski definition) is 5. The zero-order valence-electron chi connectivity index (χ0n) is 12.8. The van der Waals surface area contributed by atoms with Crippen molar-refractivity contribution in [1.29, 1.82) is 0 Å². The van der Waals surface area contributed by atoms with Crippen molar-refractivity contribution in [2.24, 2.45) is 5.92 Å². The first kappa shape index (κ1) is 16.4. The van der Waals surface area contributed by atoms with E-state index in [-0.39, 0.29) is 17.1 Å². The van der Waals surface area contributed by atoms with Crippen LogP contribution >= 0.6 is 0 Å². The number of ether oxygens (including phenoxy) is 1. The fraction of sp³-hybridized carbons (Fsp3) is 0.500. The SMILES string of the molecule is CC#CC1(O)C(CO)[C@@H](CO)O[C@H]1n1cnc2c(=O)[nH]c(N)nc21. The lowest BCUT2D eigenvalue weighted by Gasteiger charge is -2.28. The monoisotopic (exact) mass is 335 g/mol. The van der Waals surface area contributed by atoms with E-state index >= 15 is 0 Å². The predicted octanol–water partition coefficient (Wildman–Crippen LogP) is -2.05. The molecule has 10 heteroatoms. The summed E-state index contributed by atoms with van der Waals surface area (Å²) >= 11 is 0. The summed E-state index contributed by atoms with van der Waals surface area (Å²) in [6.45, 7) is 0.663. The summed E-state index contributed by atoms with van der Waals surface area (Å²) in [5.41, 5.74) is 3.36. The van der Waals surface area contributed by atoms with Gasteiger partial charge in [-0.1, -0.05) is 5.92 Å². The third-order valence-corrected chi connectivity index (χ3v) is 4.10. The van der Waals surface area contributed by atoms with Crippen molar-refractivity contribution in [2.45, 2.75) is 24.9 Å². The molecule has 2 unspecified atom stereocenters. The lowest BCUT2D eigenvalue weighted by molar-refractivity contribution is -0.0707. The van der Waals surface area contributed by atoms with E-state index < -0.39 is 42.6 Å². The van der Waals surface area contributed by atoms with Crippen LogP contribution in [0.5, 0.6) is 0 Å². The molecule has 0 radical (unpaired) electrons. The number of anilines is 1. The molecule has 1 aliphatic rings. The van der Waals surface area contributed by atoms with Crippen molar-refractivity contribution in [3.05, 3.63) is 16.7 Å². The van der Waals surface area contributed by atoms with Crippen LogP contribution in [0.15, 0.2) is 11.1 Å². The van der Waals surface area contributed by atoms with Crippen LogP contribution in [-0.4, -0.2) is 59.8 Å². The molecule has 24 heavy (non-hydrogen) atoms. The Kier molecular flexibility index (Phi) is 4.02. The number of aromatic nitrogens is 4. The number of fused-ring (bicyclic) bond motifs is 1. The van der Waals surface area contributed by atoms with Gasteiger partial charge in [-0.25, -0.2) is 4.98 Å². The van der Waals surface area contributed by atoms with Gasteiger partial charge in [0.2, 0.25) is 5.95 Å². The van der Waals surface area contributed by atoms with Gasteiger partial charge in [0.05, 0.1) is 31.6 Å². The number of H-pyrrole nitrogens is 1. The van der Waals surface area contributed by atoms with E-state index in [4.69, 9.17) is 10.5 Å². The van der Waals surface area contributed by atoms with Gasteiger partial charge in [0.25, 0.3) is 5.56 Å². The maximum atomic E-state index is 11.9. The summed E-state index contributed by atoms with van der Waals surface area (Å²) in [4.78, 5) is 22.2. The molecule has 128 valence electrons. The van der Waals surface area contributed by atoms with Crippen molar-refractivity contribution < 1.29 is 20.1 Å². The maximum absolute atomic E-state index is 11.9. The molecule has 3 heterocycles. The molecule has 6 N–H and O–H groups in total. The second-order valence-electron chi connectivity index (χ2n) is 5.47. The fourth-order valence-corrected chi connectivity index (χ4v) is 3.00. The Morgan fingerprint density at radius 2 is 2.25 bits per heavy atom. The minimum atomic E-state index is -1.80. The van der Waals surface area contributed by atoms with Gasteiger partial charge in [0, 0.05) is 0 Å². The molecule has 3 rings (SSSR count). The number of imidazole rings is 1. The molecule has 0 bridgehead atoms. The average Bonchev–Trinajstić information content (AvgIpc) is 3.06. The fourth-order valence-electron chi connectivity index (χ4n) is 3.00. The van der Waals surface area contributed by atoms with Gasteiger partial charge < -0.3 is 25.8 Å². The molecule has 1 saturated heterocycles. The van der Waals surface area contributed by atoms with Crippen LogP contribution in [0.2, 0.25) is 0 Å². The van der Waals surface area contributed by atoms with Gasteiger partial charge in [-0.3, -0.25) is 14.3 Å². The highest BCUT2D eigenvalue weighted by molar-refractivity contribution is 5.70. The zero-order valence-corrected chi connectivity index (χ0v) is 12.8. The van der Waals surface area contributed by atoms with Crippen LogP contribution < -0.4 is 11.3 Å². The molecule has 4 atom stereocenters. The number of aromatic amines is 1. The summed E-state index contributed by atoms with van der Waals surface area (Å²) in [6.07, 6.45) is -0.700. The first-order valence-electron chi connectivity index (χ1n) is 7.22. The first-order valence-corrected chi connectivity index (χ1v) is 7.22.